The fourth-order valence-electron chi connectivity index (χ4n) is 2.89. The Hall–Kier alpha value is -0.960. The standard InChI is InChI=1S/C13H21N3O4S/c1-2-16-9-12(14-10-16)21(17,18)15-11-3-5-13(6-4-11)19-7-8-20-13/h9-11,15H,2-8H2,1H3. The van der Waals surface area contributed by atoms with Gasteiger partial charge in [0.25, 0.3) is 10.0 Å². The first-order valence-corrected chi connectivity index (χ1v) is 8.83. The molecule has 0 aromatic carbocycles. The van der Waals surface area contributed by atoms with Crippen LogP contribution in [0.15, 0.2) is 17.6 Å². The summed E-state index contributed by atoms with van der Waals surface area (Å²) in [5.41, 5.74) is 0. The molecule has 0 amide bonds. The molecule has 1 N–H and O–H groups in total. The highest BCUT2D eigenvalue weighted by atomic mass is 32.2. The molecule has 1 aromatic heterocycles. The number of hydrogen-bond donors (Lipinski definition) is 1. The third-order valence-corrected chi connectivity index (χ3v) is 5.54. The lowest BCUT2D eigenvalue weighted by atomic mass is 9.91. The van der Waals surface area contributed by atoms with Crippen molar-refractivity contribution in [3.8, 4) is 0 Å². The normalized spacial score (nSPS) is 22.9. The smallest absolute Gasteiger partial charge is 0.259 e. The van der Waals surface area contributed by atoms with Crippen LogP contribution < -0.4 is 4.72 Å². The zero-order valence-electron chi connectivity index (χ0n) is 12.1. The van der Waals surface area contributed by atoms with Crippen molar-refractivity contribution in [2.45, 2.75) is 56.0 Å². The quantitative estimate of drug-likeness (QED) is 0.891. The molecule has 1 saturated carbocycles. The SMILES string of the molecule is CCn1cnc(S(=O)(=O)NC2CCC3(CC2)OCCO3)c1. The molecule has 8 heteroatoms. The lowest BCUT2D eigenvalue weighted by Crippen LogP contribution is -2.44. The Morgan fingerprint density at radius 3 is 2.62 bits per heavy atom. The van der Waals surface area contributed by atoms with Crippen LogP contribution in [0.3, 0.4) is 0 Å². The third kappa shape index (κ3) is 3.13. The lowest BCUT2D eigenvalue weighted by molar-refractivity contribution is -0.178. The average Bonchev–Trinajstić information content (AvgIpc) is 3.11. The topological polar surface area (TPSA) is 82.5 Å². The molecule has 3 rings (SSSR count). The molecule has 0 atom stereocenters. The minimum Gasteiger partial charge on any atom is -0.348 e. The van der Waals surface area contributed by atoms with Gasteiger partial charge in [0.15, 0.2) is 10.8 Å². The van der Waals surface area contributed by atoms with E-state index in [9.17, 15) is 8.42 Å². The molecule has 0 radical (unpaired) electrons. The Bertz CT molecular complexity index is 582. The van der Waals surface area contributed by atoms with Gasteiger partial charge in [-0.1, -0.05) is 0 Å². The largest absolute Gasteiger partial charge is 0.348 e. The van der Waals surface area contributed by atoms with Crippen LogP contribution in [0.2, 0.25) is 0 Å². The highest BCUT2D eigenvalue weighted by Crippen LogP contribution is 2.36. The summed E-state index contributed by atoms with van der Waals surface area (Å²) >= 11 is 0. The van der Waals surface area contributed by atoms with Gasteiger partial charge in [0.1, 0.15) is 0 Å². The van der Waals surface area contributed by atoms with Crippen molar-refractivity contribution in [1.29, 1.82) is 0 Å². The Kier molecular flexibility index (Phi) is 4.04. The molecule has 1 saturated heterocycles. The molecule has 0 unspecified atom stereocenters. The Balaban J connectivity index is 1.61. The van der Waals surface area contributed by atoms with E-state index in [0.29, 0.717) is 32.6 Å². The molecule has 21 heavy (non-hydrogen) atoms. The van der Waals surface area contributed by atoms with Crippen molar-refractivity contribution >= 4 is 10.0 Å². The molecule has 118 valence electrons. The summed E-state index contributed by atoms with van der Waals surface area (Å²) < 4.78 is 40.4. The highest BCUT2D eigenvalue weighted by molar-refractivity contribution is 7.89. The third-order valence-electron chi connectivity index (χ3n) is 4.13. The van der Waals surface area contributed by atoms with Gasteiger partial charge in [0.05, 0.1) is 19.5 Å². The van der Waals surface area contributed by atoms with Crippen LogP contribution in [0.1, 0.15) is 32.6 Å². The minimum atomic E-state index is -3.55. The van der Waals surface area contributed by atoms with E-state index in [2.05, 4.69) is 9.71 Å². The summed E-state index contributed by atoms with van der Waals surface area (Å²) in [6.45, 7) is 3.90. The first-order valence-electron chi connectivity index (χ1n) is 7.35. The molecule has 1 aliphatic heterocycles. The molecule has 2 heterocycles. The molecule has 2 aliphatic rings. The van der Waals surface area contributed by atoms with E-state index >= 15 is 0 Å². The highest BCUT2D eigenvalue weighted by Gasteiger charge is 2.41. The van der Waals surface area contributed by atoms with Crippen molar-refractivity contribution in [1.82, 2.24) is 14.3 Å². The fraction of sp³-hybridized carbons (Fsp3) is 0.769. The van der Waals surface area contributed by atoms with Crippen LogP contribution >= 0.6 is 0 Å². The van der Waals surface area contributed by atoms with E-state index in [1.54, 1.807) is 10.8 Å². The maximum absolute atomic E-state index is 12.3. The van der Waals surface area contributed by atoms with E-state index in [0.717, 1.165) is 12.8 Å². The number of nitrogens with one attached hydrogen (secondary N) is 1. The minimum absolute atomic E-state index is 0.0815. The number of sulfonamides is 1. The fourth-order valence-corrected chi connectivity index (χ4v) is 4.15. The molecular formula is C13H21N3O4S. The summed E-state index contributed by atoms with van der Waals surface area (Å²) in [4.78, 5) is 3.96. The van der Waals surface area contributed by atoms with Crippen LogP contribution in [0.5, 0.6) is 0 Å². The van der Waals surface area contributed by atoms with Gasteiger partial charge in [-0.3, -0.25) is 0 Å². The number of aryl methyl sites for hydroxylation is 1. The second-order valence-electron chi connectivity index (χ2n) is 5.55. The van der Waals surface area contributed by atoms with E-state index < -0.39 is 15.8 Å². The second kappa shape index (κ2) is 5.68. The second-order valence-corrected chi connectivity index (χ2v) is 7.21. The number of nitrogens with zero attached hydrogens (tertiary/aromatic N) is 2. The predicted octanol–water partition coefficient (Wildman–Crippen LogP) is 0.867. The van der Waals surface area contributed by atoms with Gasteiger partial charge in [-0.15, -0.1) is 0 Å². The van der Waals surface area contributed by atoms with Crippen LogP contribution in [-0.4, -0.2) is 43.0 Å². The van der Waals surface area contributed by atoms with Gasteiger partial charge in [-0.05, 0) is 19.8 Å². The summed E-state index contributed by atoms with van der Waals surface area (Å²) in [5, 5.41) is 0.0815. The maximum atomic E-state index is 12.3. The number of imidazole rings is 1. The van der Waals surface area contributed by atoms with Gasteiger partial charge in [-0.25, -0.2) is 18.1 Å². The van der Waals surface area contributed by atoms with Crippen molar-refractivity contribution in [2.24, 2.45) is 0 Å². The number of rotatable bonds is 4. The van der Waals surface area contributed by atoms with E-state index in [1.807, 2.05) is 6.92 Å². The number of aromatic nitrogens is 2. The Labute approximate surface area is 124 Å². The number of ether oxygens (including phenoxy) is 2. The Morgan fingerprint density at radius 1 is 1.38 bits per heavy atom. The van der Waals surface area contributed by atoms with E-state index in [1.165, 1.54) is 6.33 Å². The summed E-state index contributed by atoms with van der Waals surface area (Å²) in [5.74, 6) is -0.467. The monoisotopic (exact) mass is 315 g/mol. The number of hydrogen-bond acceptors (Lipinski definition) is 5. The van der Waals surface area contributed by atoms with Crippen molar-refractivity contribution in [2.75, 3.05) is 13.2 Å². The van der Waals surface area contributed by atoms with Crippen LogP contribution in [0.4, 0.5) is 0 Å². The van der Waals surface area contributed by atoms with Gasteiger partial charge in [0.2, 0.25) is 0 Å². The van der Waals surface area contributed by atoms with Gasteiger partial charge in [0, 0.05) is 31.6 Å². The van der Waals surface area contributed by atoms with Crippen molar-refractivity contribution in [3.05, 3.63) is 12.5 Å². The summed E-state index contributed by atoms with van der Waals surface area (Å²) in [6, 6.07) is -0.0831. The van der Waals surface area contributed by atoms with Gasteiger partial charge in [-0.2, -0.15) is 0 Å². The first-order chi connectivity index (χ1) is 10.0. The van der Waals surface area contributed by atoms with Gasteiger partial charge >= 0.3 is 0 Å². The molecule has 1 spiro atoms. The maximum Gasteiger partial charge on any atom is 0.259 e. The molecule has 0 bridgehead atoms. The molecule has 2 fully saturated rings. The predicted molar refractivity (Wildman–Crippen MR) is 75.1 cm³/mol. The van der Waals surface area contributed by atoms with Crippen LogP contribution in [-0.2, 0) is 26.0 Å². The van der Waals surface area contributed by atoms with E-state index in [-0.39, 0.29) is 11.1 Å². The van der Waals surface area contributed by atoms with Crippen molar-refractivity contribution in [3.63, 3.8) is 0 Å². The lowest BCUT2D eigenvalue weighted by Gasteiger charge is -2.35. The van der Waals surface area contributed by atoms with Crippen LogP contribution in [0.25, 0.3) is 0 Å². The summed E-state index contributed by atoms with van der Waals surface area (Å²) in [6.07, 6.45) is 5.97. The molecule has 7 nitrogen and oxygen atoms in total. The van der Waals surface area contributed by atoms with Crippen LogP contribution in [0, 0.1) is 0 Å². The zero-order chi connectivity index (χ0) is 14.9. The molecule has 1 aliphatic carbocycles. The average molecular weight is 315 g/mol. The van der Waals surface area contributed by atoms with Gasteiger partial charge < -0.3 is 14.0 Å². The molecular weight excluding hydrogens is 294 g/mol. The molecule has 1 aromatic rings. The first kappa shape index (κ1) is 15.0. The Morgan fingerprint density at radius 2 is 2.05 bits per heavy atom. The van der Waals surface area contributed by atoms with Crippen molar-refractivity contribution < 1.29 is 17.9 Å². The zero-order valence-corrected chi connectivity index (χ0v) is 12.9. The van der Waals surface area contributed by atoms with E-state index in [4.69, 9.17) is 9.47 Å². The summed E-state index contributed by atoms with van der Waals surface area (Å²) in [7, 11) is -3.55.